The van der Waals surface area contributed by atoms with Gasteiger partial charge in [0.1, 0.15) is 9.61 Å². The van der Waals surface area contributed by atoms with Crippen molar-refractivity contribution in [1.29, 1.82) is 0 Å². The van der Waals surface area contributed by atoms with Gasteiger partial charge < -0.3 is 0 Å². The highest BCUT2D eigenvalue weighted by Gasteiger charge is 2.03. The molecule has 1 aromatic heterocycles. The van der Waals surface area contributed by atoms with Crippen molar-refractivity contribution in [1.82, 2.24) is 4.98 Å². The molecular weight excluding hydrogens is 306 g/mol. The smallest absolute Gasteiger partial charge is 0.124 e. The number of halogens is 1. The van der Waals surface area contributed by atoms with E-state index in [1.165, 1.54) is 11.1 Å². The van der Waals surface area contributed by atoms with E-state index >= 15 is 0 Å². The van der Waals surface area contributed by atoms with Crippen LogP contribution in [0.1, 0.15) is 0 Å². The second-order valence-corrected chi connectivity index (χ2v) is 5.59. The molecule has 0 aliphatic rings. The summed E-state index contributed by atoms with van der Waals surface area (Å²) in [7, 11) is 0. The van der Waals surface area contributed by atoms with E-state index in [9.17, 15) is 0 Å². The summed E-state index contributed by atoms with van der Waals surface area (Å²) in [6, 6.07) is 18.9. The minimum absolute atomic E-state index is 0.898. The van der Waals surface area contributed by atoms with Crippen LogP contribution in [-0.2, 0) is 0 Å². The molecule has 3 heteroatoms. The molecule has 0 aliphatic heterocycles. The molecule has 0 aliphatic carbocycles. The maximum absolute atomic E-state index is 4.42. The molecule has 0 fully saturated rings. The van der Waals surface area contributed by atoms with Crippen LogP contribution in [-0.4, -0.2) is 4.98 Å². The summed E-state index contributed by atoms with van der Waals surface area (Å²) in [4.78, 5) is 4.42. The van der Waals surface area contributed by atoms with Gasteiger partial charge in [-0.25, -0.2) is 4.98 Å². The summed E-state index contributed by atoms with van der Waals surface area (Å²) in [5, 5.41) is 3.04. The zero-order chi connectivity index (χ0) is 12.4. The first-order valence-corrected chi connectivity index (χ1v) is 7.27. The van der Waals surface area contributed by atoms with Crippen LogP contribution < -0.4 is 0 Å². The zero-order valence-corrected chi connectivity index (χ0v) is 11.9. The Morgan fingerprint density at radius 2 is 1.39 bits per heavy atom. The number of hydrogen-bond acceptors (Lipinski definition) is 2. The van der Waals surface area contributed by atoms with E-state index in [0.717, 1.165) is 15.2 Å². The van der Waals surface area contributed by atoms with Crippen LogP contribution in [0.3, 0.4) is 0 Å². The van der Waals surface area contributed by atoms with E-state index in [1.807, 2.05) is 11.4 Å². The maximum Gasteiger partial charge on any atom is 0.124 e. The lowest BCUT2D eigenvalue weighted by Gasteiger charge is -2.02. The quantitative estimate of drug-likeness (QED) is 0.630. The van der Waals surface area contributed by atoms with Crippen LogP contribution in [0.4, 0.5) is 0 Å². The molecule has 18 heavy (non-hydrogen) atoms. The molecule has 0 spiro atoms. The fourth-order valence-corrected chi connectivity index (χ4v) is 3.08. The molecule has 0 unspecified atom stereocenters. The molecule has 0 saturated carbocycles. The highest BCUT2D eigenvalue weighted by molar-refractivity contribution is 9.10. The predicted molar refractivity (Wildman–Crippen MR) is 80.7 cm³/mol. The van der Waals surface area contributed by atoms with Gasteiger partial charge in [0.25, 0.3) is 0 Å². The summed E-state index contributed by atoms with van der Waals surface area (Å²) in [6.45, 7) is 0. The average molecular weight is 316 g/mol. The van der Waals surface area contributed by atoms with E-state index < -0.39 is 0 Å². The Bertz CT molecular complexity index is 644. The first-order valence-electron chi connectivity index (χ1n) is 5.60. The molecular formula is C15H10BrNS. The molecule has 0 bridgehead atoms. The fourth-order valence-electron chi connectivity index (χ4n) is 1.82. The van der Waals surface area contributed by atoms with Gasteiger partial charge >= 0.3 is 0 Å². The van der Waals surface area contributed by atoms with Gasteiger partial charge in [0.05, 0.1) is 0 Å². The highest BCUT2D eigenvalue weighted by atomic mass is 79.9. The van der Waals surface area contributed by atoms with Gasteiger partial charge in [-0.1, -0.05) is 54.6 Å². The zero-order valence-electron chi connectivity index (χ0n) is 9.51. The lowest BCUT2D eigenvalue weighted by molar-refractivity contribution is 1.36. The molecule has 0 saturated heterocycles. The molecule has 0 amide bonds. The normalized spacial score (nSPS) is 10.5. The van der Waals surface area contributed by atoms with Crippen molar-refractivity contribution in [3.63, 3.8) is 0 Å². The monoisotopic (exact) mass is 315 g/mol. The third-order valence-electron chi connectivity index (χ3n) is 2.72. The number of rotatable bonds is 2. The molecule has 3 rings (SSSR count). The van der Waals surface area contributed by atoms with E-state index in [2.05, 4.69) is 69.4 Å². The van der Waals surface area contributed by atoms with Gasteiger partial charge in [0, 0.05) is 10.9 Å². The van der Waals surface area contributed by atoms with E-state index in [-0.39, 0.29) is 0 Å². The van der Waals surface area contributed by atoms with Crippen LogP contribution in [0.2, 0.25) is 0 Å². The molecule has 1 heterocycles. The predicted octanol–water partition coefficient (Wildman–Crippen LogP) is 5.24. The van der Waals surface area contributed by atoms with Crippen molar-refractivity contribution < 1.29 is 0 Å². The van der Waals surface area contributed by atoms with E-state index in [1.54, 1.807) is 11.3 Å². The Kier molecular flexibility index (Phi) is 3.26. The van der Waals surface area contributed by atoms with Gasteiger partial charge in [0.15, 0.2) is 0 Å². The standard InChI is InChI=1S/C15H10BrNS/c16-14-10-18-15(17-14)13-8-6-12(7-9-13)11-4-2-1-3-5-11/h1-10H. The molecule has 0 atom stereocenters. The summed E-state index contributed by atoms with van der Waals surface area (Å²) in [6.07, 6.45) is 0. The lowest BCUT2D eigenvalue weighted by Crippen LogP contribution is -1.79. The minimum Gasteiger partial charge on any atom is -0.229 e. The molecule has 3 aromatic rings. The van der Waals surface area contributed by atoms with Crippen LogP contribution in [0.15, 0.2) is 64.6 Å². The number of hydrogen-bond donors (Lipinski definition) is 0. The topological polar surface area (TPSA) is 12.9 Å². The number of thiazole rings is 1. The Labute approximate surface area is 118 Å². The summed E-state index contributed by atoms with van der Waals surface area (Å²) in [5.41, 5.74) is 3.63. The summed E-state index contributed by atoms with van der Waals surface area (Å²) < 4.78 is 0.898. The molecule has 1 nitrogen and oxygen atoms in total. The van der Waals surface area contributed by atoms with Crippen molar-refractivity contribution in [3.05, 3.63) is 64.6 Å². The Hall–Kier alpha value is -1.45. The molecule has 0 N–H and O–H groups in total. The van der Waals surface area contributed by atoms with Crippen molar-refractivity contribution in [2.24, 2.45) is 0 Å². The number of nitrogens with zero attached hydrogens (tertiary/aromatic N) is 1. The fraction of sp³-hybridized carbons (Fsp3) is 0. The molecule has 0 radical (unpaired) electrons. The van der Waals surface area contributed by atoms with Crippen molar-refractivity contribution in [2.75, 3.05) is 0 Å². The Balaban J connectivity index is 1.94. The third-order valence-corrected chi connectivity index (χ3v) is 4.32. The van der Waals surface area contributed by atoms with Gasteiger partial charge in [0.2, 0.25) is 0 Å². The Morgan fingerprint density at radius 1 is 0.778 bits per heavy atom. The number of aromatic nitrogens is 1. The first-order chi connectivity index (χ1) is 8.83. The third kappa shape index (κ3) is 2.37. The molecule has 88 valence electrons. The van der Waals surface area contributed by atoms with Gasteiger partial charge in [-0.05, 0) is 27.1 Å². The maximum atomic E-state index is 4.42. The van der Waals surface area contributed by atoms with Gasteiger partial charge in [-0.3, -0.25) is 0 Å². The largest absolute Gasteiger partial charge is 0.229 e. The van der Waals surface area contributed by atoms with E-state index in [0.29, 0.717) is 0 Å². The highest BCUT2D eigenvalue weighted by Crippen LogP contribution is 2.28. The van der Waals surface area contributed by atoms with Crippen LogP contribution in [0.25, 0.3) is 21.7 Å². The van der Waals surface area contributed by atoms with Crippen LogP contribution >= 0.6 is 27.3 Å². The lowest BCUT2D eigenvalue weighted by atomic mass is 10.0. The van der Waals surface area contributed by atoms with E-state index in [4.69, 9.17) is 0 Å². The van der Waals surface area contributed by atoms with Crippen LogP contribution in [0.5, 0.6) is 0 Å². The Morgan fingerprint density at radius 3 is 2.00 bits per heavy atom. The summed E-state index contributed by atoms with van der Waals surface area (Å²) >= 11 is 5.03. The van der Waals surface area contributed by atoms with Gasteiger partial charge in [-0.2, -0.15) is 0 Å². The summed E-state index contributed by atoms with van der Waals surface area (Å²) in [5.74, 6) is 0. The second kappa shape index (κ2) is 5.04. The first kappa shape index (κ1) is 11.6. The SMILES string of the molecule is Brc1csc(-c2ccc(-c3ccccc3)cc2)n1. The van der Waals surface area contributed by atoms with Crippen molar-refractivity contribution in [2.45, 2.75) is 0 Å². The minimum atomic E-state index is 0.898. The van der Waals surface area contributed by atoms with Crippen molar-refractivity contribution in [3.8, 4) is 21.7 Å². The van der Waals surface area contributed by atoms with Crippen LogP contribution in [0, 0.1) is 0 Å². The molecule has 2 aromatic carbocycles. The number of benzene rings is 2. The second-order valence-electron chi connectivity index (χ2n) is 3.92. The van der Waals surface area contributed by atoms with Gasteiger partial charge in [-0.15, -0.1) is 11.3 Å². The van der Waals surface area contributed by atoms with Crippen molar-refractivity contribution >= 4 is 27.3 Å². The average Bonchev–Trinajstić information content (AvgIpc) is 2.87.